The second-order valence-corrected chi connectivity index (χ2v) is 11.3. The van der Waals surface area contributed by atoms with Crippen LogP contribution in [0.1, 0.15) is 44.7 Å². The maximum atomic E-state index is 12.8. The van der Waals surface area contributed by atoms with Crippen molar-refractivity contribution in [3.05, 3.63) is 64.8 Å². The molecule has 3 aromatic rings. The monoisotopic (exact) mass is 523 g/mol. The molecule has 7 nitrogen and oxygen atoms in total. The Morgan fingerprint density at radius 3 is 2.65 bits per heavy atom. The van der Waals surface area contributed by atoms with Crippen LogP contribution in [0.4, 0.5) is 10.5 Å². The highest BCUT2D eigenvalue weighted by Gasteiger charge is 2.49. The summed E-state index contributed by atoms with van der Waals surface area (Å²) in [5.74, 6) is 0.630. The third kappa shape index (κ3) is 5.48. The average Bonchev–Trinajstić information content (AvgIpc) is 2.83. The molecule has 3 heterocycles. The first-order valence-electron chi connectivity index (χ1n) is 12.8. The summed E-state index contributed by atoms with van der Waals surface area (Å²) in [6.07, 6.45) is 3.27. The molecule has 2 aromatic carbocycles. The summed E-state index contributed by atoms with van der Waals surface area (Å²) in [4.78, 5) is 19.1. The molecule has 0 saturated carbocycles. The first-order chi connectivity index (χ1) is 17.6. The molecule has 196 valence electrons. The summed E-state index contributed by atoms with van der Waals surface area (Å²) in [6.45, 7) is 9.97. The van der Waals surface area contributed by atoms with Gasteiger partial charge < -0.3 is 24.4 Å². The minimum atomic E-state index is -0.555. The number of nitrogens with zero attached hydrogens (tertiary/aromatic N) is 2. The number of likely N-dealkylation sites (tertiary alicyclic amines) is 1. The Kier molecular flexibility index (Phi) is 6.94. The fraction of sp³-hybridized carbons (Fsp3) is 0.448. The van der Waals surface area contributed by atoms with Crippen molar-refractivity contribution in [3.8, 4) is 5.88 Å². The van der Waals surface area contributed by atoms with Crippen LogP contribution >= 0.6 is 11.6 Å². The number of pyridine rings is 1. The molecule has 1 N–H and O–H groups in total. The van der Waals surface area contributed by atoms with Gasteiger partial charge in [0.2, 0.25) is 5.88 Å². The van der Waals surface area contributed by atoms with Crippen LogP contribution in [0.15, 0.2) is 48.7 Å². The largest absolute Gasteiger partial charge is 0.474 e. The van der Waals surface area contributed by atoms with Crippen LogP contribution in [0.5, 0.6) is 5.88 Å². The van der Waals surface area contributed by atoms with Crippen LogP contribution in [0.3, 0.4) is 0 Å². The Morgan fingerprint density at radius 1 is 1.16 bits per heavy atom. The third-order valence-corrected chi connectivity index (χ3v) is 7.33. The minimum Gasteiger partial charge on any atom is -0.474 e. The van der Waals surface area contributed by atoms with E-state index >= 15 is 0 Å². The molecule has 0 aliphatic carbocycles. The number of rotatable bonds is 5. The Bertz CT molecular complexity index is 1290. The zero-order chi connectivity index (χ0) is 26.2. The van der Waals surface area contributed by atoms with Gasteiger partial charge in [-0.1, -0.05) is 29.8 Å². The number of hydrogen-bond acceptors (Lipinski definition) is 6. The van der Waals surface area contributed by atoms with Crippen LogP contribution in [0.2, 0.25) is 5.02 Å². The van der Waals surface area contributed by atoms with E-state index in [9.17, 15) is 4.79 Å². The summed E-state index contributed by atoms with van der Waals surface area (Å²) in [5, 5.41) is 6.43. The number of hydrogen-bond donors (Lipinski definition) is 1. The normalized spacial score (nSPS) is 17.8. The molecule has 0 atom stereocenters. The van der Waals surface area contributed by atoms with Crippen molar-refractivity contribution in [1.82, 2.24) is 9.88 Å². The summed E-state index contributed by atoms with van der Waals surface area (Å²) in [7, 11) is 0. The van der Waals surface area contributed by atoms with Gasteiger partial charge in [0.15, 0.2) is 0 Å². The highest BCUT2D eigenvalue weighted by atomic mass is 35.5. The first kappa shape index (κ1) is 25.6. The number of fused-ring (bicyclic) bond motifs is 1. The zero-order valence-corrected chi connectivity index (χ0v) is 22.6. The van der Waals surface area contributed by atoms with Crippen LogP contribution in [-0.4, -0.2) is 54.0 Å². The van der Waals surface area contributed by atoms with Gasteiger partial charge in [-0.2, -0.15) is 0 Å². The van der Waals surface area contributed by atoms with Crippen molar-refractivity contribution < 1.29 is 19.0 Å². The predicted octanol–water partition coefficient (Wildman–Crippen LogP) is 6.31. The molecule has 0 bridgehead atoms. The molecular weight excluding hydrogens is 490 g/mol. The molecular formula is C29H34ClN3O4. The lowest BCUT2D eigenvalue weighted by Crippen LogP contribution is -2.65. The van der Waals surface area contributed by atoms with E-state index in [0.29, 0.717) is 37.2 Å². The molecule has 2 fully saturated rings. The van der Waals surface area contributed by atoms with Crippen LogP contribution in [0, 0.1) is 6.92 Å². The van der Waals surface area contributed by atoms with E-state index in [1.165, 1.54) is 0 Å². The van der Waals surface area contributed by atoms with Crippen molar-refractivity contribution in [2.75, 3.05) is 31.6 Å². The zero-order valence-electron chi connectivity index (χ0n) is 21.8. The smallest absolute Gasteiger partial charge is 0.410 e. The third-order valence-electron chi connectivity index (χ3n) is 6.92. The first-order valence-corrected chi connectivity index (χ1v) is 13.2. The number of amides is 1. The van der Waals surface area contributed by atoms with Crippen molar-refractivity contribution in [3.63, 3.8) is 0 Å². The van der Waals surface area contributed by atoms with E-state index < -0.39 is 11.1 Å². The van der Waals surface area contributed by atoms with Crippen molar-refractivity contribution in [2.24, 2.45) is 0 Å². The van der Waals surface area contributed by atoms with Gasteiger partial charge in [-0.05, 0) is 68.5 Å². The quantitative estimate of drug-likeness (QED) is 0.422. The fourth-order valence-electron chi connectivity index (χ4n) is 5.04. The van der Waals surface area contributed by atoms with Gasteiger partial charge in [0.25, 0.3) is 0 Å². The molecule has 5 rings (SSSR count). The van der Waals surface area contributed by atoms with Crippen LogP contribution in [-0.2, 0) is 15.0 Å². The highest BCUT2D eigenvalue weighted by molar-refractivity contribution is 6.31. The molecule has 0 radical (unpaired) electrons. The van der Waals surface area contributed by atoms with Gasteiger partial charge in [0, 0.05) is 35.1 Å². The number of carbonyl (C=O) groups is 1. The average molecular weight is 524 g/mol. The fourth-order valence-corrected chi connectivity index (χ4v) is 5.22. The predicted molar refractivity (Wildman–Crippen MR) is 146 cm³/mol. The van der Waals surface area contributed by atoms with Gasteiger partial charge in [-0.25, -0.2) is 9.78 Å². The lowest BCUT2D eigenvalue weighted by molar-refractivity contribution is -0.00490. The number of anilines is 1. The number of carbonyl (C=O) groups excluding carboxylic acids is 1. The number of halogens is 1. The van der Waals surface area contributed by atoms with Gasteiger partial charge in [0.05, 0.1) is 31.8 Å². The summed E-state index contributed by atoms with van der Waals surface area (Å²) >= 11 is 6.51. The summed E-state index contributed by atoms with van der Waals surface area (Å²) in [6, 6.07) is 14.1. The highest BCUT2D eigenvalue weighted by Crippen LogP contribution is 2.40. The number of aromatic nitrogens is 1. The lowest BCUT2D eigenvalue weighted by Gasteiger charge is -2.51. The number of benzene rings is 2. The van der Waals surface area contributed by atoms with Gasteiger partial charge in [0.1, 0.15) is 11.7 Å². The number of nitrogens with one attached hydrogen (secondary N) is 1. The van der Waals surface area contributed by atoms with Crippen LogP contribution < -0.4 is 10.1 Å². The van der Waals surface area contributed by atoms with Crippen molar-refractivity contribution in [2.45, 2.75) is 57.8 Å². The standard InChI is InChI=1S/C29H34ClN3O4/c1-19-24(6-5-7-25(19)30)29(17-33(18-29)27(34)37-28(2,3)4)32-21-9-8-20-10-13-31-26(23(20)16-21)36-22-11-14-35-15-12-22/h5-10,13,16,22,32H,11-12,14-15,17-18H2,1-4H3. The van der Waals surface area contributed by atoms with Crippen LogP contribution in [0.25, 0.3) is 10.8 Å². The molecule has 2 saturated heterocycles. The molecule has 0 unspecified atom stereocenters. The second kappa shape index (κ2) is 10.0. The SMILES string of the molecule is Cc1c(Cl)cccc1C1(Nc2ccc3ccnc(OC4CCOCC4)c3c2)CN(C(=O)OC(C)(C)C)C1. The Hall–Kier alpha value is -3.03. The minimum absolute atomic E-state index is 0.0953. The Morgan fingerprint density at radius 2 is 1.92 bits per heavy atom. The molecule has 0 spiro atoms. The molecule has 2 aliphatic heterocycles. The lowest BCUT2D eigenvalue weighted by atomic mass is 9.80. The summed E-state index contributed by atoms with van der Waals surface area (Å²) in [5.41, 5.74) is 1.90. The summed E-state index contributed by atoms with van der Waals surface area (Å²) < 4.78 is 17.4. The molecule has 1 aromatic heterocycles. The van der Waals surface area contributed by atoms with Crippen molar-refractivity contribution >= 4 is 34.2 Å². The van der Waals surface area contributed by atoms with E-state index in [4.69, 9.17) is 25.8 Å². The maximum absolute atomic E-state index is 12.8. The van der Waals surface area contributed by atoms with Gasteiger partial charge in [-0.15, -0.1) is 0 Å². The Balaban J connectivity index is 1.45. The van der Waals surface area contributed by atoms with Gasteiger partial charge in [-0.3, -0.25) is 0 Å². The molecule has 8 heteroatoms. The van der Waals surface area contributed by atoms with E-state index in [-0.39, 0.29) is 12.2 Å². The second-order valence-electron chi connectivity index (χ2n) is 10.9. The molecule has 1 amide bonds. The van der Waals surface area contributed by atoms with Crippen molar-refractivity contribution in [1.29, 1.82) is 0 Å². The van der Waals surface area contributed by atoms with E-state index in [2.05, 4.69) is 34.6 Å². The molecule has 37 heavy (non-hydrogen) atoms. The van der Waals surface area contributed by atoms with E-state index in [1.807, 2.05) is 45.9 Å². The maximum Gasteiger partial charge on any atom is 0.410 e. The van der Waals surface area contributed by atoms with E-state index in [1.54, 1.807) is 11.1 Å². The molecule has 2 aliphatic rings. The number of ether oxygens (including phenoxy) is 3. The topological polar surface area (TPSA) is 72.9 Å². The van der Waals surface area contributed by atoms with E-state index in [0.717, 1.165) is 40.4 Å². The Labute approximate surface area is 223 Å². The van der Waals surface area contributed by atoms with Gasteiger partial charge >= 0.3 is 6.09 Å².